The number of hydrogen-bond acceptors (Lipinski definition) is 3. The molecule has 0 aliphatic heterocycles. The Hall–Kier alpha value is -0.770. The highest BCUT2D eigenvalue weighted by Gasteiger charge is 2.20. The third-order valence-electron chi connectivity index (χ3n) is 2.03. The predicted octanol–water partition coefficient (Wildman–Crippen LogP) is 2.66. The van der Waals surface area contributed by atoms with Crippen LogP contribution in [0.4, 0.5) is 4.79 Å². The molecule has 14 heavy (non-hydrogen) atoms. The van der Waals surface area contributed by atoms with Crippen LogP contribution in [0.15, 0.2) is 0 Å². The van der Waals surface area contributed by atoms with Crippen molar-refractivity contribution in [1.82, 2.24) is 0 Å². The minimum Gasteiger partial charge on any atom is -0.450 e. The van der Waals surface area contributed by atoms with E-state index in [9.17, 15) is 4.79 Å². The van der Waals surface area contributed by atoms with E-state index < -0.39 is 6.16 Å². The van der Waals surface area contributed by atoms with Crippen LogP contribution < -0.4 is 0 Å². The molecule has 0 rings (SSSR count). The predicted molar refractivity (Wildman–Crippen MR) is 53.5 cm³/mol. The Labute approximate surface area is 85.2 Å². The molecule has 0 aliphatic rings. The standard InChI is InChI=1S/C10H20O4/c1-4-6-7-9(13-5-2)8(3)14-10(11)12/h8-9H,4-7H2,1-3H3,(H,11,12). The molecule has 1 N–H and O–H groups in total. The molecule has 0 heterocycles. The van der Waals surface area contributed by atoms with Gasteiger partial charge in [-0.05, 0) is 20.3 Å². The number of hydrogen-bond donors (Lipinski definition) is 1. The highest BCUT2D eigenvalue weighted by molar-refractivity contribution is 5.57. The lowest BCUT2D eigenvalue weighted by Crippen LogP contribution is -2.30. The first kappa shape index (κ1) is 13.2. The second-order valence-corrected chi connectivity index (χ2v) is 3.22. The molecule has 0 aromatic rings. The van der Waals surface area contributed by atoms with E-state index in [-0.39, 0.29) is 12.2 Å². The summed E-state index contributed by atoms with van der Waals surface area (Å²) in [5.41, 5.74) is 0. The maximum Gasteiger partial charge on any atom is 0.506 e. The van der Waals surface area contributed by atoms with Gasteiger partial charge in [-0.1, -0.05) is 19.8 Å². The lowest BCUT2D eigenvalue weighted by atomic mass is 10.1. The summed E-state index contributed by atoms with van der Waals surface area (Å²) in [5.74, 6) is 0. The number of ether oxygens (including phenoxy) is 2. The van der Waals surface area contributed by atoms with Crippen LogP contribution in [0.1, 0.15) is 40.0 Å². The zero-order valence-electron chi connectivity index (χ0n) is 9.16. The van der Waals surface area contributed by atoms with Gasteiger partial charge in [0.2, 0.25) is 0 Å². The summed E-state index contributed by atoms with van der Waals surface area (Å²) < 4.78 is 10.1. The maximum atomic E-state index is 10.3. The SMILES string of the molecule is CCCCC(OCC)C(C)OC(=O)O. The molecular formula is C10H20O4. The molecule has 84 valence electrons. The highest BCUT2D eigenvalue weighted by atomic mass is 16.7. The molecule has 0 bridgehead atoms. The Bertz CT molecular complexity index is 158. The topological polar surface area (TPSA) is 55.8 Å². The lowest BCUT2D eigenvalue weighted by Gasteiger charge is -2.22. The van der Waals surface area contributed by atoms with Crippen molar-refractivity contribution in [2.45, 2.75) is 52.2 Å². The summed E-state index contributed by atoms with van der Waals surface area (Å²) in [4.78, 5) is 10.3. The first-order valence-electron chi connectivity index (χ1n) is 5.13. The average molecular weight is 204 g/mol. The minimum absolute atomic E-state index is 0.115. The van der Waals surface area contributed by atoms with Gasteiger partial charge in [-0.3, -0.25) is 0 Å². The van der Waals surface area contributed by atoms with Crippen LogP contribution in [0.2, 0.25) is 0 Å². The molecule has 0 radical (unpaired) electrons. The highest BCUT2D eigenvalue weighted by Crippen LogP contribution is 2.12. The molecule has 0 aliphatic carbocycles. The molecule has 0 aromatic carbocycles. The van der Waals surface area contributed by atoms with E-state index in [1.807, 2.05) is 6.92 Å². The summed E-state index contributed by atoms with van der Waals surface area (Å²) in [7, 11) is 0. The molecule has 0 saturated heterocycles. The molecule has 4 heteroatoms. The van der Waals surface area contributed by atoms with Crippen molar-refractivity contribution in [3.05, 3.63) is 0 Å². The zero-order chi connectivity index (χ0) is 11.0. The monoisotopic (exact) mass is 204 g/mol. The molecule has 0 saturated carbocycles. The summed E-state index contributed by atoms with van der Waals surface area (Å²) in [5, 5.41) is 8.45. The number of carbonyl (C=O) groups is 1. The van der Waals surface area contributed by atoms with Crippen LogP contribution >= 0.6 is 0 Å². The van der Waals surface area contributed by atoms with Crippen molar-refractivity contribution in [1.29, 1.82) is 0 Å². The van der Waals surface area contributed by atoms with E-state index in [2.05, 4.69) is 11.7 Å². The van der Waals surface area contributed by atoms with Crippen molar-refractivity contribution >= 4 is 6.16 Å². The van der Waals surface area contributed by atoms with E-state index >= 15 is 0 Å². The second-order valence-electron chi connectivity index (χ2n) is 3.22. The largest absolute Gasteiger partial charge is 0.506 e. The molecule has 4 nitrogen and oxygen atoms in total. The number of rotatable bonds is 7. The third-order valence-corrected chi connectivity index (χ3v) is 2.03. The van der Waals surface area contributed by atoms with E-state index in [4.69, 9.17) is 9.84 Å². The Morgan fingerprint density at radius 1 is 1.43 bits per heavy atom. The van der Waals surface area contributed by atoms with Gasteiger partial charge in [0.05, 0.1) is 6.10 Å². The summed E-state index contributed by atoms with van der Waals surface area (Å²) in [6, 6.07) is 0. The number of unbranched alkanes of at least 4 members (excludes halogenated alkanes) is 1. The van der Waals surface area contributed by atoms with Crippen molar-refractivity contribution < 1.29 is 19.4 Å². The van der Waals surface area contributed by atoms with E-state index in [0.29, 0.717) is 6.61 Å². The van der Waals surface area contributed by atoms with E-state index in [0.717, 1.165) is 19.3 Å². The van der Waals surface area contributed by atoms with Crippen molar-refractivity contribution in [3.8, 4) is 0 Å². The van der Waals surface area contributed by atoms with Crippen molar-refractivity contribution in [2.24, 2.45) is 0 Å². The maximum absolute atomic E-state index is 10.3. The fourth-order valence-corrected chi connectivity index (χ4v) is 1.31. The third kappa shape index (κ3) is 5.80. The van der Waals surface area contributed by atoms with Crippen LogP contribution in [0, 0.1) is 0 Å². The van der Waals surface area contributed by atoms with Crippen molar-refractivity contribution in [3.63, 3.8) is 0 Å². The van der Waals surface area contributed by atoms with Gasteiger partial charge >= 0.3 is 6.16 Å². The van der Waals surface area contributed by atoms with Gasteiger partial charge in [-0.2, -0.15) is 0 Å². The van der Waals surface area contributed by atoms with Gasteiger partial charge in [-0.15, -0.1) is 0 Å². The molecule has 2 unspecified atom stereocenters. The Kier molecular flexibility index (Phi) is 7.20. The summed E-state index contributed by atoms with van der Waals surface area (Å²) in [6.07, 6.45) is 1.20. The van der Waals surface area contributed by atoms with Gasteiger partial charge in [0.25, 0.3) is 0 Å². The van der Waals surface area contributed by atoms with Gasteiger partial charge in [0, 0.05) is 6.61 Å². The Morgan fingerprint density at radius 3 is 2.50 bits per heavy atom. The first-order chi connectivity index (χ1) is 6.61. The van der Waals surface area contributed by atoms with Gasteiger partial charge in [0.1, 0.15) is 6.10 Å². The Balaban J connectivity index is 3.96. The fourth-order valence-electron chi connectivity index (χ4n) is 1.31. The molecule has 0 spiro atoms. The fraction of sp³-hybridized carbons (Fsp3) is 0.900. The van der Waals surface area contributed by atoms with E-state index in [1.165, 1.54) is 0 Å². The van der Waals surface area contributed by atoms with Gasteiger partial charge in [0.15, 0.2) is 0 Å². The first-order valence-corrected chi connectivity index (χ1v) is 5.13. The summed E-state index contributed by atoms with van der Waals surface area (Å²) in [6.45, 7) is 6.30. The molecule has 0 amide bonds. The van der Waals surface area contributed by atoms with E-state index in [1.54, 1.807) is 6.92 Å². The zero-order valence-corrected chi connectivity index (χ0v) is 9.16. The van der Waals surface area contributed by atoms with Gasteiger partial charge in [-0.25, -0.2) is 4.79 Å². The second kappa shape index (κ2) is 7.62. The molecule has 2 atom stereocenters. The smallest absolute Gasteiger partial charge is 0.450 e. The molecule has 0 aromatic heterocycles. The van der Waals surface area contributed by atoms with Crippen molar-refractivity contribution in [2.75, 3.05) is 6.61 Å². The normalized spacial score (nSPS) is 14.8. The van der Waals surface area contributed by atoms with Crippen LogP contribution in [-0.4, -0.2) is 30.1 Å². The molecular weight excluding hydrogens is 184 g/mol. The van der Waals surface area contributed by atoms with Gasteiger partial charge < -0.3 is 14.6 Å². The summed E-state index contributed by atoms with van der Waals surface area (Å²) >= 11 is 0. The average Bonchev–Trinajstić information content (AvgIpc) is 2.10. The quantitative estimate of drug-likeness (QED) is 0.648. The van der Waals surface area contributed by atoms with Crippen LogP contribution in [0.3, 0.4) is 0 Å². The lowest BCUT2D eigenvalue weighted by molar-refractivity contribution is -0.0490. The van der Waals surface area contributed by atoms with Crippen LogP contribution in [0.25, 0.3) is 0 Å². The molecule has 0 fully saturated rings. The minimum atomic E-state index is -1.24. The number of carboxylic acid groups (broad SMARTS) is 1. The Morgan fingerprint density at radius 2 is 2.07 bits per heavy atom. The van der Waals surface area contributed by atoms with Crippen LogP contribution in [0.5, 0.6) is 0 Å². The van der Waals surface area contributed by atoms with Crippen LogP contribution in [-0.2, 0) is 9.47 Å².